The Balaban J connectivity index is 2.57. The third-order valence-corrected chi connectivity index (χ3v) is 3.40. The summed E-state index contributed by atoms with van der Waals surface area (Å²) in [5.41, 5.74) is 1.03. The molecule has 0 fully saturated rings. The predicted molar refractivity (Wildman–Crippen MR) is 85.1 cm³/mol. The highest BCUT2D eigenvalue weighted by Crippen LogP contribution is 2.20. The van der Waals surface area contributed by atoms with Crippen LogP contribution in [0.1, 0.15) is 56.0 Å². The number of ketones is 1. The molecule has 0 unspecified atom stereocenters. The van der Waals surface area contributed by atoms with E-state index >= 15 is 0 Å². The molecule has 0 atom stereocenters. The average Bonchev–Trinajstić information content (AvgIpc) is 2.39. The molecule has 0 aliphatic carbocycles. The normalized spacial score (nSPS) is 11.1. The molecular weight excluding hydrogens is 282 g/mol. The van der Waals surface area contributed by atoms with Crippen LogP contribution in [0.4, 0.5) is 5.69 Å². The van der Waals surface area contributed by atoms with Crippen molar-refractivity contribution in [2.24, 2.45) is 5.41 Å². The number of nitrogens with one attached hydrogen (secondary N) is 1. The fraction of sp³-hybridized carbons (Fsp3) is 0.471. The Morgan fingerprint density at radius 2 is 1.77 bits per heavy atom. The molecule has 0 saturated heterocycles. The van der Waals surface area contributed by atoms with Crippen LogP contribution in [0.2, 0.25) is 0 Å². The molecule has 0 aromatic heterocycles. The predicted octanol–water partition coefficient (Wildman–Crippen LogP) is 3.42. The molecule has 0 saturated carbocycles. The van der Waals surface area contributed by atoms with Gasteiger partial charge in [-0.3, -0.25) is 9.59 Å². The van der Waals surface area contributed by atoms with Gasteiger partial charge in [-0.2, -0.15) is 0 Å². The van der Waals surface area contributed by atoms with Gasteiger partial charge < -0.3 is 10.4 Å². The lowest BCUT2D eigenvalue weighted by Gasteiger charge is -2.16. The Kier molecular flexibility index (Phi) is 5.85. The number of carbonyl (C=O) groups is 3. The Morgan fingerprint density at radius 1 is 1.14 bits per heavy atom. The van der Waals surface area contributed by atoms with Gasteiger partial charge in [-0.05, 0) is 31.0 Å². The zero-order valence-corrected chi connectivity index (χ0v) is 13.5. The van der Waals surface area contributed by atoms with Crippen LogP contribution >= 0.6 is 0 Å². The number of hydrogen-bond acceptors (Lipinski definition) is 3. The largest absolute Gasteiger partial charge is 0.478 e. The molecule has 0 bridgehead atoms. The minimum absolute atomic E-state index is 0.129. The molecule has 0 aliphatic rings. The van der Waals surface area contributed by atoms with E-state index in [1.807, 2.05) is 20.8 Å². The number of Topliss-reactive ketones (excluding diaryl/α,β-unsaturated/α-hetero) is 1. The SMILES string of the molecule is Cc1ccc(C(=O)O)cc1NC(=O)CCCC(=O)C(C)(C)C. The van der Waals surface area contributed by atoms with E-state index in [0.717, 1.165) is 5.56 Å². The monoisotopic (exact) mass is 305 g/mol. The van der Waals surface area contributed by atoms with Gasteiger partial charge in [-0.1, -0.05) is 26.8 Å². The minimum atomic E-state index is -1.04. The molecule has 22 heavy (non-hydrogen) atoms. The van der Waals surface area contributed by atoms with Gasteiger partial charge in [0.1, 0.15) is 5.78 Å². The molecule has 0 aliphatic heterocycles. The van der Waals surface area contributed by atoms with Crippen molar-refractivity contribution in [3.63, 3.8) is 0 Å². The summed E-state index contributed by atoms with van der Waals surface area (Å²) in [6, 6.07) is 4.59. The highest BCUT2D eigenvalue weighted by molar-refractivity contribution is 5.95. The van der Waals surface area contributed by atoms with Gasteiger partial charge in [0.2, 0.25) is 5.91 Å². The van der Waals surface area contributed by atoms with Crippen LogP contribution in [0.5, 0.6) is 0 Å². The van der Waals surface area contributed by atoms with Gasteiger partial charge in [-0.15, -0.1) is 0 Å². The highest BCUT2D eigenvalue weighted by Gasteiger charge is 2.20. The number of benzene rings is 1. The van der Waals surface area contributed by atoms with Crippen molar-refractivity contribution < 1.29 is 19.5 Å². The minimum Gasteiger partial charge on any atom is -0.478 e. The van der Waals surface area contributed by atoms with Crippen LogP contribution in [-0.4, -0.2) is 22.8 Å². The second-order valence-corrected chi connectivity index (χ2v) is 6.41. The zero-order valence-electron chi connectivity index (χ0n) is 13.5. The zero-order chi connectivity index (χ0) is 16.9. The van der Waals surface area contributed by atoms with E-state index in [0.29, 0.717) is 18.5 Å². The van der Waals surface area contributed by atoms with Crippen LogP contribution in [0, 0.1) is 12.3 Å². The van der Waals surface area contributed by atoms with Crippen LogP contribution in [-0.2, 0) is 9.59 Å². The van der Waals surface area contributed by atoms with Crippen LogP contribution in [0.25, 0.3) is 0 Å². The lowest BCUT2D eigenvalue weighted by atomic mass is 9.88. The standard InChI is InChI=1S/C17H23NO4/c1-11-8-9-12(16(21)22)10-13(11)18-15(20)7-5-6-14(19)17(2,3)4/h8-10H,5-7H2,1-4H3,(H,18,20)(H,21,22). The molecular formula is C17H23NO4. The Labute approximate surface area is 130 Å². The van der Waals surface area contributed by atoms with Crippen molar-refractivity contribution in [3.05, 3.63) is 29.3 Å². The van der Waals surface area contributed by atoms with Gasteiger partial charge in [0.05, 0.1) is 5.56 Å². The molecule has 1 aromatic carbocycles. The maximum atomic E-state index is 11.9. The number of rotatable bonds is 6. The summed E-state index contributed by atoms with van der Waals surface area (Å²) in [5, 5.41) is 11.7. The number of anilines is 1. The van der Waals surface area contributed by atoms with Crippen molar-refractivity contribution >= 4 is 23.3 Å². The lowest BCUT2D eigenvalue weighted by molar-refractivity contribution is -0.126. The van der Waals surface area contributed by atoms with Crippen molar-refractivity contribution in [1.82, 2.24) is 0 Å². The maximum Gasteiger partial charge on any atom is 0.335 e. The number of amides is 1. The first-order valence-electron chi connectivity index (χ1n) is 7.28. The topological polar surface area (TPSA) is 83.5 Å². The van der Waals surface area contributed by atoms with E-state index in [9.17, 15) is 14.4 Å². The molecule has 120 valence electrons. The molecule has 1 rings (SSSR count). The van der Waals surface area contributed by atoms with Gasteiger partial charge in [0.15, 0.2) is 0 Å². The summed E-state index contributed by atoms with van der Waals surface area (Å²) in [7, 11) is 0. The number of carboxylic acids is 1. The fourth-order valence-electron chi connectivity index (χ4n) is 1.89. The number of hydrogen-bond donors (Lipinski definition) is 2. The first kappa shape index (κ1) is 17.9. The highest BCUT2D eigenvalue weighted by atomic mass is 16.4. The maximum absolute atomic E-state index is 11.9. The van der Waals surface area contributed by atoms with Crippen LogP contribution < -0.4 is 5.32 Å². The van der Waals surface area contributed by atoms with Crippen molar-refractivity contribution in [2.75, 3.05) is 5.32 Å². The molecule has 0 radical (unpaired) electrons. The smallest absolute Gasteiger partial charge is 0.335 e. The van der Waals surface area contributed by atoms with E-state index < -0.39 is 5.97 Å². The summed E-state index contributed by atoms with van der Waals surface area (Å²) < 4.78 is 0. The van der Waals surface area contributed by atoms with E-state index in [4.69, 9.17) is 5.11 Å². The van der Waals surface area contributed by atoms with Crippen molar-refractivity contribution in [2.45, 2.75) is 47.0 Å². The average molecular weight is 305 g/mol. The Morgan fingerprint density at radius 3 is 2.32 bits per heavy atom. The second kappa shape index (κ2) is 7.20. The summed E-state index contributed by atoms with van der Waals surface area (Å²) >= 11 is 0. The first-order chi connectivity index (χ1) is 10.1. The molecule has 2 N–H and O–H groups in total. The molecule has 0 heterocycles. The van der Waals surface area contributed by atoms with Gasteiger partial charge in [-0.25, -0.2) is 4.79 Å². The van der Waals surface area contributed by atoms with E-state index in [-0.39, 0.29) is 29.1 Å². The molecule has 1 aromatic rings. The Hall–Kier alpha value is -2.17. The molecule has 0 spiro atoms. The fourth-order valence-corrected chi connectivity index (χ4v) is 1.89. The molecule has 5 nitrogen and oxygen atoms in total. The third-order valence-electron chi connectivity index (χ3n) is 3.40. The molecule has 5 heteroatoms. The van der Waals surface area contributed by atoms with Crippen molar-refractivity contribution in [1.29, 1.82) is 0 Å². The molecule has 1 amide bonds. The van der Waals surface area contributed by atoms with E-state index in [1.165, 1.54) is 12.1 Å². The number of aryl methyl sites for hydroxylation is 1. The van der Waals surface area contributed by atoms with Crippen LogP contribution in [0.15, 0.2) is 18.2 Å². The van der Waals surface area contributed by atoms with Gasteiger partial charge in [0, 0.05) is 23.9 Å². The number of carbonyl (C=O) groups excluding carboxylic acids is 2. The number of aromatic carboxylic acids is 1. The van der Waals surface area contributed by atoms with Gasteiger partial charge >= 0.3 is 5.97 Å². The number of carboxylic acid groups (broad SMARTS) is 1. The summed E-state index contributed by atoms with van der Waals surface area (Å²) in [4.78, 5) is 34.6. The Bertz CT molecular complexity index is 585. The van der Waals surface area contributed by atoms with E-state index in [2.05, 4.69) is 5.32 Å². The first-order valence-corrected chi connectivity index (χ1v) is 7.28. The lowest BCUT2D eigenvalue weighted by Crippen LogP contribution is -2.20. The summed E-state index contributed by atoms with van der Waals surface area (Å²) in [5.74, 6) is -1.12. The van der Waals surface area contributed by atoms with Crippen LogP contribution in [0.3, 0.4) is 0 Å². The summed E-state index contributed by atoms with van der Waals surface area (Å²) in [6.45, 7) is 7.37. The summed E-state index contributed by atoms with van der Waals surface area (Å²) in [6.07, 6.45) is 1.09. The second-order valence-electron chi connectivity index (χ2n) is 6.41. The van der Waals surface area contributed by atoms with Crippen molar-refractivity contribution in [3.8, 4) is 0 Å². The van der Waals surface area contributed by atoms with E-state index in [1.54, 1.807) is 13.0 Å². The third kappa shape index (κ3) is 5.31. The van der Waals surface area contributed by atoms with Gasteiger partial charge in [0.25, 0.3) is 0 Å². The quantitative estimate of drug-likeness (QED) is 0.843.